The van der Waals surface area contributed by atoms with E-state index in [9.17, 15) is 0 Å². The van der Waals surface area contributed by atoms with Gasteiger partial charge in [-0.2, -0.15) is 0 Å². The number of hydrogen-bond acceptors (Lipinski definition) is 1. The van der Waals surface area contributed by atoms with E-state index >= 15 is 0 Å². The van der Waals surface area contributed by atoms with Crippen molar-refractivity contribution in [3.05, 3.63) is 0 Å². The van der Waals surface area contributed by atoms with Crippen molar-refractivity contribution >= 4 is 33.0 Å². The van der Waals surface area contributed by atoms with E-state index in [1.807, 2.05) is 0 Å². The maximum atomic E-state index is 5.97. The molecular weight excluding hydrogens is 280 g/mol. The first-order valence-electron chi connectivity index (χ1n) is 6.62. The highest BCUT2D eigenvalue weighted by molar-refractivity contribution is 9.09. The minimum atomic E-state index is 0.331. The molecule has 0 heterocycles. The molecule has 0 aliphatic heterocycles. The zero-order chi connectivity index (χ0) is 11.6. The Morgan fingerprint density at radius 1 is 1.25 bits per heavy atom. The van der Waals surface area contributed by atoms with Gasteiger partial charge in [-0.3, -0.25) is 0 Å². The fourth-order valence-corrected chi connectivity index (χ4v) is 7.55. The van der Waals surface area contributed by atoms with Crippen molar-refractivity contribution in [3.63, 3.8) is 0 Å². The molecule has 0 amide bonds. The molecule has 2 bridgehead atoms. The minimum Gasteiger partial charge on any atom is -0.0918 e. The number of rotatable bonds is 1. The van der Waals surface area contributed by atoms with Crippen LogP contribution >= 0.6 is 28.1 Å². The second-order valence-electron chi connectivity index (χ2n) is 6.72. The van der Waals surface area contributed by atoms with Crippen LogP contribution in [0.4, 0.5) is 0 Å². The number of fused-ring (bicyclic) bond motifs is 3. The molecule has 90 valence electrons. The predicted molar refractivity (Wildman–Crippen MR) is 76.2 cm³/mol. The van der Waals surface area contributed by atoms with Crippen LogP contribution in [0.1, 0.15) is 52.4 Å². The number of alkyl halides is 1. The van der Waals surface area contributed by atoms with Crippen molar-refractivity contribution < 1.29 is 0 Å². The lowest BCUT2D eigenvalue weighted by atomic mass is 9.69. The van der Waals surface area contributed by atoms with Gasteiger partial charge in [0.2, 0.25) is 0 Å². The first-order valence-corrected chi connectivity index (χ1v) is 8.15. The van der Waals surface area contributed by atoms with Crippen LogP contribution in [-0.4, -0.2) is 10.2 Å². The summed E-state index contributed by atoms with van der Waals surface area (Å²) in [5.41, 5.74) is 1.22. The van der Waals surface area contributed by atoms with Crippen molar-refractivity contribution in [1.82, 2.24) is 0 Å². The molecule has 3 aliphatic rings. The molecule has 0 nitrogen and oxygen atoms in total. The molecule has 0 saturated heterocycles. The molecule has 3 fully saturated rings. The Balaban J connectivity index is 2.13. The molecule has 0 radical (unpaired) electrons. The second-order valence-corrected chi connectivity index (χ2v) is 7.69. The first-order chi connectivity index (χ1) is 7.51. The average molecular weight is 301 g/mol. The molecular formula is C14H21BrS. The van der Waals surface area contributed by atoms with Gasteiger partial charge < -0.3 is 0 Å². The molecule has 2 atom stereocenters. The highest BCUT2D eigenvalue weighted by atomic mass is 79.9. The van der Waals surface area contributed by atoms with Gasteiger partial charge in [0.25, 0.3) is 0 Å². The van der Waals surface area contributed by atoms with Crippen LogP contribution in [0, 0.1) is 22.2 Å². The van der Waals surface area contributed by atoms with Gasteiger partial charge in [-0.05, 0) is 37.0 Å². The third kappa shape index (κ3) is 1.01. The van der Waals surface area contributed by atoms with Crippen molar-refractivity contribution in [2.45, 2.75) is 52.4 Å². The van der Waals surface area contributed by atoms with Gasteiger partial charge in [0.05, 0.1) is 0 Å². The maximum absolute atomic E-state index is 5.97. The lowest BCUT2D eigenvalue weighted by Gasteiger charge is -2.38. The van der Waals surface area contributed by atoms with Gasteiger partial charge in [-0.15, -0.1) is 0 Å². The van der Waals surface area contributed by atoms with Crippen LogP contribution in [0.5, 0.6) is 0 Å². The molecule has 3 saturated carbocycles. The summed E-state index contributed by atoms with van der Waals surface area (Å²) in [6.45, 7) is 4.95. The maximum Gasteiger partial charge on any atom is 0.0173 e. The zero-order valence-electron chi connectivity index (χ0n) is 10.3. The van der Waals surface area contributed by atoms with E-state index in [4.69, 9.17) is 12.2 Å². The summed E-state index contributed by atoms with van der Waals surface area (Å²) >= 11 is 9.75. The van der Waals surface area contributed by atoms with Gasteiger partial charge in [-0.25, -0.2) is 0 Å². The third-order valence-electron chi connectivity index (χ3n) is 6.24. The fraction of sp³-hybridized carbons (Fsp3) is 0.929. The van der Waals surface area contributed by atoms with E-state index in [2.05, 4.69) is 29.8 Å². The molecule has 0 aromatic heterocycles. The van der Waals surface area contributed by atoms with E-state index in [0.717, 1.165) is 11.2 Å². The second kappa shape index (κ2) is 3.32. The predicted octanol–water partition coefficient (Wildman–Crippen LogP) is 4.75. The Labute approximate surface area is 113 Å². The molecule has 3 aliphatic carbocycles. The van der Waals surface area contributed by atoms with Crippen molar-refractivity contribution in [3.8, 4) is 0 Å². The van der Waals surface area contributed by atoms with Crippen molar-refractivity contribution in [2.75, 3.05) is 5.33 Å². The lowest BCUT2D eigenvalue weighted by molar-refractivity contribution is 0.142. The molecule has 2 unspecified atom stereocenters. The Hall–Kier alpha value is 0.570. The molecule has 0 aromatic rings. The van der Waals surface area contributed by atoms with Gasteiger partial charge >= 0.3 is 0 Å². The fourth-order valence-electron chi connectivity index (χ4n) is 5.30. The van der Waals surface area contributed by atoms with Gasteiger partial charge in [-0.1, -0.05) is 54.8 Å². The van der Waals surface area contributed by atoms with E-state index in [1.54, 1.807) is 0 Å². The van der Waals surface area contributed by atoms with E-state index in [0.29, 0.717) is 16.2 Å². The summed E-state index contributed by atoms with van der Waals surface area (Å²) in [6, 6.07) is 0. The van der Waals surface area contributed by atoms with E-state index < -0.39 is 0 Å². The topological polar surface area (TPSA) is 0 Å². The molecule has 1 spiro atoms. The molecule has 0 N–H and O–H groups in total. The smallest absolute Gasteiger partial charge is 0.0173 e. The number of thiocarbonyl (C=S) groups is 1. The van der Waals surface area contributed by atoms with Crippen molar-refractivity contribution in [2.24, 2.45) is 22.2 Å². The highest BCUT2D eigenvalue weighted by Crippen LogP contribution is 2.74. The highest BCUT2D eigenvalue weighted by Gasteiger charge is 2.71. The van der Waals surface area contributed by atoms with Gasteiger partial charge in [0, 0.05) is 21.0 Å². The largest absolute Gasteiger partial charge is 0.0918 e. The first kappa shape index (κ1) is 11.6. The molecule has 2 heteroatoms. The van der Waals surface area contributed by atoms with Gasteiger partial charge in [0.15, 0.2) is 0 Å². The Morgan fingerprint density at radius 2 is 1.88 bits per heavy atom. The van der Waals surface area contributed by atoms with Crippen LogP contribution in [0.3, 0.4) is 0 Å². The quantitative estimate of drug-likeness (QED) is 0.497. The lowest BCUT2D eigenvalue weighted by Crippen LogP contribution is -2.40. The average Bonchev–Trinajstić information content (AvgIpc) is 2.83. The zero-order valence-corrected chi connectivity index (χ0v) is 12.7. The summed E-state index contributed by atoms with van der Waals surface area (Å²) in [6.07, 6.45) is 8.33. The van der Waals surface area contributed by atoms with Crippen LogP contribution < -0.4 is 0 Å². The summed E-state index contributed by atoms with van der Waals surface area (Å²) in [7, 11) is 0. The summed E-state index contributed by atoms with van der Waals surface area (Å²) < 4.78 is 0. The standard InChI is InChI=1S/C14H21BrS/c1-12(2)10-5-8-14(12,9-15)11(16)13(10)6-3-4-7-13/h10H,3-9H2,1-2H3. The monoisotopic (exact) mass is 300 g/mol. The summed E-state index contributed by atoms with van der Waals surface area (Å²) in [5.74, 6) is 0.868. The number of hydrogen-bond donors (Lipinski definition) is 0. The van der Waals surface area contributed by atoms with E-state index in [1.165, 1.54) is 43.4 Å². The van der Waals surface area contributed by atoms with E-state index in [-0.39, 0.29) is 0 Å². The molecule has 3 rings (SSSR count). The Morgan fingerprint density at radius 3 is 2.38 bits per heavy atom. The van der Waals surface area contributed by atoms with Crippen LogP contribution in [0.2, 0.25) is 0 Å². The van der Waals surface area contributed by atoms with Crippen LogP contribution in [0.25, 0.3) is 0 Å². The molecule has 0 aromatic carbocycles. The third-order valence-corrected chi connectivity index (χ3v) is 8.00. The van der Waals surface area contributed by atoms with Crippen LogP contribution in [0.15, 0.2) is 0 Å². The normalized spacial score (nSPS) is 43.4. The van der Waals surface area contributed by atoms with Gasteiger partial charge in [0.1, 0.15) is 0 Å². The van der Waals surface area contributed by atoms with Crippen LogP contribution in [-0.2, 0) is 0 Å². The van der Waals surface area contributed by atoms with Crippen molar-refractivity contribution in [1.29, 1.82) is 0 Å². The molecule has 16 heavy (non-hydrogen) atoms. The number of halogens is 1. The Kier molecular flexibility index (Phi) is 2.41. The SMILES string of the molecule is CC1(C)C2CCC1(CBr)C(=S)C21CCCC1. The Bertz CT molecular complexity index is 341. The summed E-state index contributed by atoms with van der Waals surface area (Å²) in [4.78, 5) is 1.45. The minimum absolute atomic E-state index is 0.331. The summed E-state index contributed by atoms with van der Waals surface area (Å²) in [5, 5.41) is 1.09.